The van der Waals surface area contributed by atoms with E-state index in [0.29, 0.717) is 43.1 Å². The second-order valence-corrected chi connectivity index (χ2v) is 12.6. The highest BCUT2D eigenvalue weighted by Crippen LogP contribution is 2.38. The van der Waals surface area contributed by atoms with Crippen LogP contribution < -0.4 is 15.6 Å². The Kier molecular flexibility index (Phi) is 7.84. The van der Waals surface area contributed by atoms with E-state index in [1.54, 1.807) is 0 Å². The number of halogens is 1. The van der Waals surface area contributed by atoms with Crippen molar-refractivity contribution in [2.24, 2.45) is 10.3 Å². The van der Waals surface area contributed by atoms with Gasteiger partial charge in [0.05, 0.1) is 10.5 Å². The van der Waals surface area contributed by atoms with E-state index < -0.39 is 20.0 Å². The van der Waals surface area contributed by atoms with Crippen molar-refractivity contribution in [1.82, 2.24) is 10.2 Å². The van der Waals surface area contributed by atoms with Gasteiger partial charge in [-0.3, -0.25) is 4.90 Å². The number of hydrogen-bond donors (Lipinski definition) is 3. The van der Waals surface area contributed by atoms with E-state index in [2.05, 4.69) is 24.1 Å². The Labute approximate surface area is 175 Å². The lowest BCUT2D eigenvalue weighted by Crippen LogP contribution is -2.50. The molecule has 4 aliphatic rings. The molecule has 0 aromatic carbocycles. The molecule has 6 atom stereocenters. The third kappa shape index (κ3) is 5.59. The Morgan fingerprint density at radius 3 is 1.54 bits per heavy atom. The number of primary sulfonamides is 2. The zero-order valence-electron chi connectivity index (χ0n) is 16.7. The summed E-state index contributed by atoms with van der Waals surface area (Å²) in [6.45, 7) is 4.37. The molecule has 4 bridgehead atoms. The van der Waals surface area contributed by atoms with Crippen LogP contribution in [0.15, 0.2) is 0 Å². The third-order valence-corrected chi connectivity index (χ3v) is 9.33. The molecule has 5 N–H and O–H groups in total. The van der Waals surface area contributed by atoms with Gasteiger partial charge in [0.15, 0.2) is 0 Å². The molecule has 0 radical (unpaired) electrons. The fraction of sp³-hybridized carbons (Fsp3) is 1.00. The lowest BCUT2D eigenvalue weighted by Gasteiger charge is -2.40. The van der Waals surface area contributed by atoms with Gasteiger partial charge in [-0.1, -0.05) is 0 Å². The summed E-state index contributed by atoms with van der Waals surface area (Å²) in [5, 5.41) is 13.1. The summed E-state index contributed by atoms with van der Waals surface area (Å²) in [5.41, 5.74) is 0. The van der Waals surface area contributed by atoms with E-state index in [0.717, 1.165) is 38.5 Å². The SMILES string of the molecule is CC(C)N1[C@@H]2CC[C@H]1CC(S(N)(=O)=O)C2.Cl.NS(=O)(=O)C1C[C@H]2CC[C@@H](C1)N2. The second kappa shape index (κ2) is 9.03. The van der Waals surface area contributed by atoms with Crippen LogP contribution in [-0.4, -0.2) is 62.4 Å². The lowest BCUT2D eigenvalue weighted by atomic mass is 10.0. The molecule has 11 heteroatoms. The molecule has 0 spiro atoms. The van der Waals surface area contributed by atoms with E-state index >= 15 is 0 Å². The summed E-state index contributed by atoms with van der Waals surface area (Å²) in [6, 6.07) is 2.18. The highest BCUT2D eigenvalue weighted by molar-refractivity contribution is 7.90. The largest absolute Gasteiger partial charge is 0.311 e. The minimum Gasteiger partial charge on any atom is -0.311 e. The van der Waals surface area contributed by atoms with Crippen LogP contribution in [0.4, 0.5) is 0 Å². The van der Waals surface area contributed by atoms with Crippen LogP contribution in [0.5, 0.6) is 0 Å². The van der Waals surface area contributed by atoms with Crippen molar-refractivity contribution in [2.75, 3.05) is 0 Å². The molecule has 4 rings (SSSR count). The summed E-state index contributed by atoms with van der Waals surface area (Å²) < 4.78 is 44.8. The number of nitrogens with one attached hydrogen (secondary N) is 1. The maximum absolute atomic E-state index is 11.3. The fourth-order valence-corrected chi connectivity index (χ4v) is 7.53. The molecule has 28 heavy (non-hydrogen) atoms. The summed E-state index contributed by atoms with van der Waals surface area (Å²) in [7, 11) is -6.62. The normalized spacial score (nSPS) is 37.9. The van der Waals surface area contributed by atoms with Crippen LogP contribution in [-0.2, 0) is 20.0 Å². The monoisotopic (exact) mass is 458 g/mol. The quantitative estimate of drug-likeness (QED) is 0.568. The Hall–Kier alpha value is 0.0300. The molecule has 2 unspecified atom stereocenters. The van der Waals surface area contributed by atoms with Crippen LogP contribution in [0.2, 0.25) is 0 Å². The number of rotatable bonds is 3. The summed E-state index contributed by atoms with van der Waals surface area (Å²) in [5.74, 6) is 0. The predicted molar refractivity (Wildman–Crippen MR) is 113 cm³/mol. The number of hydrogen-bond acceptors (Lipinski definition) is 6. The highest BCUT2D eigenvalue weighted by Gasteiger charge is 2.44. The molecule has 0 aliphatic carbocycles. The molecule has 4 aliphatic heterocycles. The molecular weight excluding hydrogens is 424 g/mol. The van der Waals surface area contributed by atoms with Gasteiger partial charge in [0.25, 0.3) is 0 Å². The average molecular weight is 459 g/mol. The third-order valence-electron chi connectivity index (χ3n) is 6.70. The average Bonchev–Trinajstić information content (AvgIpc) is 3.01. The van der Waals surface area contributed by atoms with Gasteiger partial charge < -0.3 is 5.32 Å². The van der Waals surface area contributed by atoms with Crippen LogP contribution in [0.1, 0.15) is 65.2 Å². The van der Waals surface area contributed by atoms with Crippen molar-refractivity contribution in [3.8, 4) is 0 Å². The summed E-state index contributed by atoms with van der Waals surface area (Å²) in [6.07, 6.45) is 7.35. The molecule has 4 saturated heterocycles. The van der Waals surface area contributed by atoms with Gasteiger partial charge in [-0.15, -0.1) is 12.4 Å². The Balaban J connectivity index is 0.000000198. The number of sulfonamides is 2. The molecule has 4 heterocycles. The first kappa shape index (κ1) is 24.3. The molecule has 0 amide bonds. The number of nitrogens with zero attached hydrogens (tertiary/aromatic N) is 1. The summed E-state index contributed by atoms with van der Waals surface area (Å²) >= 11 is 0. The van der Waals surface area contributed by atoms with E-state index in [1.807, 2.05) is 0 Å². The van der Waals surface area contributed by atoms with E-state index in [1.165, 1.54) is 0 Å². The molecular formula is C17H35ClN4O4S2. The van der Waals surface area contributed by atoms with E-state index in [-0.39, 0.29) is 22.9 Å². The second-order valence-electron chi connectivity index (χ2n) is 8.93. The van der Waals surface area contributed by atoms with Crippen molar-refractivity contribution >= 4 is 32.5 Å². The zero-order chi connectivity index (χ0) is 20.0. The van der Waals surface area contributed by atoms with Gasteiger partial charge in [-0.2, -0.15) is 0 Å². The van der Waals surface area contributed by atoms with Crippen molar-refractivity contribution < 1.29 is 16.8 Å². The first-order valence-corrected chi connectivity index (χ1v) is 13.2. The van der Waals surface area contributed by atoms with Crippen molar-refractivity contribution in [3.05, 3.63) is 0 Å². The zero-order valence-corrected chi connectivity index (χ0v) is 19.1. The predicted octanol–water partition coefficient (Wildman–Crippen LogP) is 0.658. The van der Waals surface area contributed by atoms with Crippen molar-refractivity contribution in [1.29, 1.82) is 0 Å². The molecule has 8 nitrogen and oxygen atoms in total. The molecule has 166 valence electrons. The minimum absolute atomic E-state index is 0. The topological polar surface area (TPSA) is 136 Å². The van der Waals surface area contributed by atoms with E-state index in [4.69, 9.17) is 10.3 Å². The van der Waals surface area contributed by atoms with Crippen LogP contribution >= 0.6 is 12.4 Å². The lowest BCUT2D eigenvalue weighted by molar-refractivity contribution is 0.106. The fourth-order valence-electron chi connectivity index (χ4n) is 5.55. The Bertz CT molecular complexity index is 720. The van der Waals surface area contributed by atoms with Crippen molar-refractivity contribution in [2.45, 2.75) is 106 Å². The van der Waals surface area contributed by atoms with Gasteiger partial charge >= 0.3 is 0 Å². The molecule has 4 fully saturated rings. The highest BCUT2D eigenvalue weighted by atomic mass is 35.5. The van der Waals surface area contributed by atoms with Crippen LogP contribution in [0.3, 0.4) is 0 Å². The van der Waals surface area contributed by atoms with Crippen molar-refractivity contribution in [3.63, 3.8) is 0 Å². The van der Waals surface area contributed by atoms with Gasteiger partial charge in [0.1, 0.15) is 0 Å². The van der Waals surface area contributed by atoms with Gasteiger partial charge in [0, 0.05) is 30.2 Å². The van der Waals surface area contributed by atoms with Crippen LogP contribution in [0.25, 0.3) is 0 Å². The number of piperidine rings is 2. The maximum Gasteiger partial charge on any atom is 0.212 e. The summed E-state index contributed by atoms with van der Waals surface area (Å²) in [4.78, 5) is 2.47. The first-order chi connectivity index (χ1) is 12.4. The first-order valence-electron chi connectivity index (χ1n) is 10.0. The van der Waals surface area contributed by atoms with Gasteiger partial charge in [0.2, 0.25) is 20.0 Å². The standard InChI is InChI=1S/C10H20N2O2S.C7H14N2O2S.ClH/c1-7(2)12-8-3-4-9(12)6-10(5-8)15(11,13)14;8-12(10,11)7-3-5-1-2-6(4-7)9-5;/h7-10H,3-6H2,1-2H3,(H2,11,13,14);5-7,9H,1-4H2,(H2,8,10,11);1H/t8-,9+,10?;5-,6+,7?;. The Morgan fingerprint density at radius 2 is 1.18 bits per heavy atom. The minimum atomic E-state index is -3.33. The van der Waals surface area contributed by atoms with Crippen LogP contribution in [0, 0.1) is 0 Å². The maximum atomic E-state index is 11.3. The Morgan fingerprint density at radius 1 is 0.786 bits per heavy atom. The van der Waals surface area contributed by atoms with E-state index in [9.17, 15) is 16.8 Å². The van der Waals surface area contributed by atoms with Gasteiger partial charge in [-0.25, -0.2) is 27.1 Å². The number of nitrogens with two attached hydrogens (primary N) is 2. The molecule has 0 aromatic rings. The molecule has 0 saturated carbocycles. The van der Waals surface area contributed by atoms with Gasteiger partial charge in [-0.05, 0) is 65.2 Å². The smallest absolute Gasteiger partial charge is 0.212 e. The molecule has 0 aromatic heterocycles. The number of fused-ring (bicyclic) bond motifs is 4.